The van der Waals surface area contributed by atoms with Crippen molar-refractivity contribution in [1.29, 1.82) is 0 Å². The van der Waals surface area contributed by atoms with E-state index in [-0.39, 0.29) is 29.9 Å². The molecule has 0 saturated heterocycles. The number of carbonyl (C=O) groups excluding carboxylic acids is 1. The molecule has 0 saturated carbocycles. The standard InChI is InChI=1S/C23H26N4O4/c1-15-9-10-18(22(29)26-31-3)13-19(15)27-12-11-24-21(23(27)30)25-20(16(2)14-28)17-7-5-4-6-8-17/h4-13,16,20,28H,14H2,1-3H3,(H,24,25)(H,26,29)/t16-,20+/m0/s1. The van der Waals surface area contributed by atoms with Crippen LogP contribution in [0, 0.1) is 12.8 Å². The van der Waals surface area contributed by atoms with E-state index in [1.807, 2.05) is 44.2 Å². The minimum absolute atomic E-state index is 0.0522. The van der Waals surface area contributed by atoms with Crippen molar-refractivity contribution in [2.75, 3.05) is 19.0 Å². The van der Waals surface area contributed by atoms with Crippen molar-refractivity contribution in [2.24, 2.45) is 5.92 Å². The number of amides is 1. The molecule has 0 bridgehead atoms. The van der Waals surface area contributed by atoms with E-state index in [9.17, 15) is 14.7 Å². The molecule has 1 heterocycles. The molecule has 1 aromatic heterocycles. The zero-order chi connectivity index (χ0) is 22.4. The lowest BCUT2D eigenvalue weighted by Gasteiger charge is -2.25. The summed E-state index contributed by atoms with van der Waals surface area (Å²) in [6, 6.07) is 14.3. The van der Waals surface area contributed by atoms with Gasteiger partial charge in [-0.2, -0.15) is 0 Å². The second kappa shape index (κ2) is 10.0. The molecule has 8 nitrogen and oxygen atoms in total. The van der Waals surface area contributed by atoms with Crippen molar-refractivity contribution in [1.82, 2.24) is 15.0 Å². The third-order valence-corrected chi connectivity index (χ3v) is 5.07. The Kier molecular flexibility index (Phi) is 7.17. The summed E-state index contributed by atoms with van der Waals surface area (Å²) in [4.78, 5) is 34.3. The van der Waals surface area contributed by atoms with Gasteiger partial charge in [0.15, 0.2) is 5.82 Å². The SMILES string of the molecule is CONC(=O)c1ccc(C)c(-n2ccnc(N[C@@H](c3ccccc3)[C@@H](C)CO)c2=O)c1. The summed E-state index contributed by atoms with van der Waals surface area (Å²) in [5.74, 6) is -0.409. The summed E-state index contributed by atoms with van der Waals surface area (Å²) in [6.45, 7) is 3.70. The Labute approximate surface area is 180 Å². The van der Waals surface area contributed by atoms with Gasteiger partial charge in [-0.15, -0.1) is 0 Å². The molecule has 0 fully saturated rings. The summed E-state index contributed by atoms with van der Waals surface area (Å²) >= 11 is 0. The van der Waals surface area contributed by atoms with Crippen molar-refractivity contribution < 1.29 is 14.7 Å². The van der Waals surface area contributed by atoms with Crippen LogP contribution in [0.25, 0.3) is 5.69 Å². The lowest BCUT2D eigenvalue weighted by atomic mass is 9.95. The smallest absolute Gasteiger partial charge is 0.297 e. The first-order valence-corrected chi connectivity index (χ1v) is 9.90. The number of rotatable bonds is 8. The lowest BCUT2D eigenvalue weighted by Crippen LogP contribution is -2.29. The Balaban J connectivity index is 2.01. The Morgan fingerprint density at radius 3 is 2.65 bits per heavy atom. The summed E-state index contributed by atoms with van der Waals surface area (Å²) in [5.41, 5.74) is 4.59. The minimum Gasteiger partial charge on any atom is -0.396 e. The monoisotopic (exact) mass is 422 g/mol. The van der Waals surface area contributed by atoms with E-state index in [4.69, 9.17) is 0 Å². The van der Waals surface area contributed by atoms with Gasteiger partial charge in [0.2, 0.25) is 0 Å². The van der Waals surface area contributed by atoms with Crippen molar-refractivity contribution in [2.45, 2.75) is 19.9 Å². The number of aliphatic hydroxyl groups excluding tert-OH is 1. The molecule has 3 rings (SSSR count). The lowest BCUT2D eigenvalue weighted by molar-refractivity contribution is 0.0537. The average Bonchev–Trinajstić information content (AvgIpc) is 2.79. The van der Waals surface area contributed by atoms with Crippen LogP contribution in [0.1, 0.15) is 34.5 Å². The molecule has 0 aliphatic rings. The zero-order valence-electron chi connectivity index (χ0n) is 17.7. The minimum atomic E-state index is -0.412. The molecule has 3 N–H and O–H groups in total. The molecular formula is C23H26N4O4. The van der Waals surface area contributed by atoms with E-state index >= 15 is 0 Å². The fourth-order valence-electron chi connectivity index (χ4n) is 3.33. The van der Waals surface area contributed by atoms with E-state index < -0.39 is 5.91 Å². The van der Waals surface area contributed by atoms with Gasteiger partial charge < -0.3 is 10.4 Å². The van der Waals surface area contributed by atoms with E-state index in [0.717, 1.165) is 11.1 Å². The van der Waals surface area contributed by atoms with E-state index in [2.05, 4.69) is 20.6 Å². The maximum atomic E-state index is 13.3. The van der Waals surface area contributed by atoms with Crippen molar-refractivity contribution in [3.05, 3.63) is 88.0 Å². The summed E-state index contributed by atoms with van der Waals surface area (Å²) in [5, 5.41) is 12.9. The number of carbonyl (C=O) groups is 1. The molecule has 0 unspecified atom stereocenters. The molecule has 162 valence electrons. The number of aryl methyl sites for hydroxylation is 1. The van der Waals surface area contributed by atoms with Crippen LogP contribution < -0.4 is 16.4 Å². The van der Waals surface area contributed by atoms with Gasteiger partial charge in [-0.3, -0.25) is 19.0 Å². The fourth-order valence-corrected chi connectivity index (χ4v) is 3.33. The van der Waals surface area contributed by atoms with Crippen LogP contribution in [-0.2, 0) is 4.84 Å². The second-order valence-corrected chi connectivity index (χ2v) is 7.28. The first-order chi connectivity index (χ1) is 15.0. The van der Waals surface area contributed by atoms with Crippen molar-refractivity contribution >= 4 is 11.7 Å². The molecule has 3 aromatic rings. The van der Waals surface area contributed by atoms with E-state index in [1.165, 1.54) is 17.9 Å². The van der Waals surface area contributed by atoms with Crippen LogP contribution in [0.4, 0.5) is 5.82 Å². The third kappa shape index (κ3) is 4.99. The highest BCUT2D eigenvalue weighted by Gasteiger charge is 2.21. The molecule has 31 heavy (non-hydrogen) atoms. The van der Waals surface area contributed by atoms with Gasteiger partial charge in [0.25, 0.3) is 11.5 Å². The largest absolute Gasteiger partial charge is 0.396 e. The number of hydrogen-bond acceptors (Lipinski definition) is 6. The number of aliphatic hydroxyl groups is 1. The first-order valence-electron chi connectivity index (χ1n) is 9.90. The molecule has 0 aliphatic heterocycles. The van der Waals surface area contributed by atoms with E-state index in [0.29, 0.717) is 11.3 Å². The maximum Gasteiger partial charge on any atom is 0.297 e. The van der Waals surface area contributed by atoms with Gasteiger partial charge in [-0.25, -0.2) is 10.5 Å². The van der Waals surface area contributed by atoms with Crippen molar-refractivity contribution in [3.63, 3.8) is 0 Å². The van der Waals surface area contributed by atoms with Gasteiger partial charge in [-0.05, 0) is 30.2 Å². The number of hydroxylamine groups is 1. The van der Waals surface area contributed by atoms with Gasteiger partial charge in [0, 0.05) is 30.5 Å². The third-order valence-electron chi connectivity index (χ3n) is 5.07. The van der Waals surface area contributed by atoms with Gasteiger partial charge in [-0.1, -0.05) is 43.3 Å². The normalized spacial score (nSPS) is 12.8. The quantitative estimate of drug-likeness (QED) is 0.482. The molecule has 2 atom stereocenters. The number of benzene rings is 2. The summed E-state index contributed by atoms with van der Waals surface area (Å²) < 4.78 is 1.44. The maximum absolute atomic E-state index is 13.3. The van der Waals surface area contributed by atoms with Crippen LogP contribution in [0.2, 0.25) is 0 Å². The Morgan fingerprint density at radius 1 is 1.23 bits per heavy atom. The summed E-state index contributed by atoms with van der Waals surface area (Å²) in [7, 11) is 1.36. The van der Waals surface area contributed by atoms with Crippen LogP contribution in [0.15, 0.2) is 65.7 Å². The van der Waals surface area contributed by atoms with Gasteiger partial charge in [0.05, 0.1) is 18.8 Å². The predicted octanol–water partition coefficient (Wildman–Crippen LogP) is 2.61. The Morgan fingerprint density at radius 2 is 1.97 bits per heavy atom. The highest BCUT2D eigenvalue weighted by Crippen LogP contribution is 2.25. The molecule has 8 heteroatoms. The molecule has 0 spiro atoms. The van der Waals surface area contributed by atoms with Crippen LogP contribution in [0.5, 0.6) is 0 Å². The number of hydrogen-bond donors (Lipinski definition) is 3. The number of nitrogens with zero attached hydrogens (tertiary/aromatic N) is 2. The van der Waals surface area contributed by atoms with Crippen LogP contribution in [0.3, 0.4) is 0 Å². The second-order valence-electron chi connectivity index (χ2n) is 7.28. The Bertz CT molecular complexity index is 1100. The number of nitrogens with one attached hydrogen (secondary N) is 2. The zero-order valence-corrected chi connectivity index (χ0v) is 17.7. The fraction of sp³-hybridized carbons (Fsp3) is 0.261. The molecule has 0 radical (unpaired) electrons. The van der Waals surface area contributed by atoms with E-state index in [1.54, 1.807) is 24.4 Å². The Hall–Kier alpha value is -3.49. The first kappa shape index (κ1) is 22.2. The highest BCUT2D eigenvalue weighted by atomic mass is 16.6. The van der Waals surface area contributed by atoms with Crippen molar-refractivity contribution in [3.8, 4) is 5.69 Å². The van der Waals surface area contributed by atoms with Gasteiger partial charge in [0.1, 0.15) is 0 Å². The summed E-state index contributed by atoms with van der Waals surface area (Å²) in [6.07, 6.45) is 3.08. The molecule has 2 aromatic carbocycles. The van der Waals surface area contributed by atoms with Crippen LogP contribution in [-0.4, -0.2) is 34.3 Å². The van der Waals surface area contributed by atoms with Crippen LogP contribution >= 0.6 is 0 Å². The topological polar surface area (TPSA) is 105 Å². The molecular weight excluding hydrogens is 396 g/mol. The molecule has 0 aliphatic carbocycles. The van der Waals surface area contributed by atoms with Gasteiger partial charge >= 0.3 is 0 Å². The number of aromatic nitrogens is 2. The average molecular weight is 422 g/mol. The predicted molar refractivity (Wildman–Crippen MR) is 118 cm³/mol. The number of anilines is 1. The highest BCUT2D eigenvalue weighted by molar-refractivity contribution is 5.94. The molecule has 1 amide bonds.